The summed E-state index contributed by atoms with van der Waals surface area (Å²) in [7, 11) is 0. The highest BCUT2D eigenvalue weighted by Crippen LogP contribution is 2.24. The van der Waals surface area contributed by atoms with E-state index in [0.717, 1.165) is 37.4 Å². The molecule has 0 radical (unpaired) electrons. The molecule has 3 aromatic heterocycles. The smallest absolute Gasteiger partial charge is 0.341 e. The van der Waals surface area contributed by atoms with Crippen molar-refractivity contribution < 1.29 is 19.8 Å². The van der Waals surface area contributed by atoms with Crippen LogP contribution in [0.3, 0.4) is 0 Å². The van der Waals surface area contributed by atoms with Gasteiger partial charge >= 0.3 is 11.9 Å². The number of carboxylic acid groups (broad SMARTS) is 2. The maximum atomic E-state index is 12.5. The molecule has 0 amide bonds. The van der Waals surface area contributed by atoms with Gasteiger partial charge in [0.15, 0.2) is 0 Å². The topological polar surface area (TPSA) is 138 Å². The average Bonchev–Trinajstić information content (AvgIpc) is 3.05. The number of nitrogens with zero attached hydrogens (tertiary/aromatic N) is 5. The number of aryl methyl sites for hydroxylation is 2. The number of carboxylic acids is 2. The number of fused-ring (bicyclic) bond motifs is 2. The van der Waals surface area contributed by atoms with Crippen LogP contribution in [0.25, 0.3) is 21.8 Å². The minimum absolute atomic E-state index is 0.187. The average molecular weight is 630 g/mol. The van der Waals surface area contributed by atoms with Crippen LogP contribution in [-0.4, -0.2) is 62.4 Å². The molecule has 4 heterocycles. The number of carbonyl (C=O) groups is 2. The second-order valence-electron chi connectivity index (χ2n) is 10.5. The van der Waals surface area contributed by atoms with Crippen molar-refractivity contribution in [2.24, 2.45) is 0 Å². The molecule has 1 aliphatic heterocycles. The third-order valence-electron chi connectivity index (χ3n) is 7.92. The summed E-state index contributed by atoms with van der Waals surface area (Å²) in [5, 5.41) is 19.6. The van der Waals surface area contributed by atoms with Crippen molar-refractivity contribution in [1.82, 2.24) is 14.1 Å². The molecule has 45 heavy (non-hydrogen) atoms. The SMILES string of the molecule is CCn1cc(C(=O)O)c(=O)c2ccc(Cl)cc21.CCn1cc(C(=O)O)c(=O)c2ccc(N3CCN(c4ccncc4)CC3)cc21. The first-order valence-electron chi connectivity index (χ1n) is 14.5. The van der Waals surface area contributed by atoms with Crippen LogP contribution in [0.5, 0.6) is 0 Å². The number of rotatable bonds is 6. The van der Waals surface area contributed by atoms with Crippen LogP contribution in [0.4, 0.5) is 11.4 Å². The third-order valence-corrected chi connectivity index (χ3v) is 8.16. The Morgan fingerprint density at radius 2 is 1.18 bits per heavy atom. The number of aromatic carboxylic acids is 2. The molecule has 11 nitrogen and oxygen atoms in total. The molecule has 232 valence electrons. The molecule has 12 heteroatoms. The molecular formula is C33H32ClN5O6. The Morgan fingerprint density at radius 1 is 0.711 bits per heavy atom. The van der Waals surface area contributed by atoms with Crippen LogP contribution in [0.15, 0.2) is 82.9 Å². The van der Waals surface area contributed by atoms with Crippen molar-refractivity contribution in [3.8, 4) is 0 Å². The Balaban J connectivity index is 0.000000201. The first-order chi connectivity index (χ1) is 21.6. The van der Waals surface area contributed by atoms with Gasteiger partial charge in [0, 0.05) is 91.2 Å². The molecule has 2 aromatic carbocycles. The normalized spacial score (nSPS) is 13.0. The Morgan fingerprint density at radius 3 is 1.67 bits per heavy atom. The van der Waals surface area contributed by atoms with Gasteiger partial charge in [0.25, 0.3) is 0 Å². The fourth-order valence-corrected chi connectivity index (χ4v) is 5.71. The predicted molar refractivity (Wildman–Crippen MR) is 175 cm³/mol. The molecule has 0 aliphatic carbocycles. The third kappa shape index (κ3) is 6.39. The van der Waals surface area contributed by atoms with E-state index in [4.69, 9.17) is 16.7 Å². The molecule has 5 aromatic rings. The fourth-order valence-electron chi connectivity index (χ4n) is 5.54. The molecule has 0 spiro atoms. The highest BCUT2D eigenvalue weighted by Gasteiger charge is 2.20. The van der Waals surface area contributed by atoms with Crippen molar-refractivity contribution in [1.29, 1.82) is 0 Å². The minimum atomic E-state index is -1.21. The Labute approximate surface area is 263 Å². The van der Waals surface area contributed by atoms with Crippen LogP contribution >= 0.6 is 11.6 Å². The monoisotopic (exact) mass is 629 g/mol. The molecule has 2 N–H and O–H groups in total. The summed E-state index contributed by atoms with van der Waals surface area (Å²) in [5.74, 6) is -2.40. The van der Waals surface area contributed by atoms with Crippen LogP contribution in [0.2, 0.25) is 5.02 Å². The lowest BCUT2D eigenvalue weighted by atomic mass is 10.1. The van der Waals surface area contributed by atoms with Gasteiger partial charge in [-0.25, -0.2) is 9.59 Å². The van der Waals surface area contributed by atoms with Crippen molar-refractivity contribution in [3.63, 3.8) is 0 Å². The second kappa shape index (κ2) is 13.2. The quantitative estimate of drug-likeness (QED) is 0.271. The lowest BCUT2D eigenvalue weighted by molar-refractivity contribution is 0.0684. The van der Waals surface area contributed by atoms with Crippen LogP contribution < -0.4 is 20.7 Å². The minimum Gasteiger partial charge on any atom is -0.477 e. The van der Waals surface area contributed by atoms with Gasteiger partial charge in [-0.3, -0.25) is 14.6 Å². The fraction of sp³-hybridized carbons (Fsp3) is 0.242. The standard InChI is InChI=1S/C21H22N4O3.C12H10ClNO3/c1-2-23-14-18(21(27)28)20(26)17-4-3-16(13-19(17)23)25-11-9-24(10-12-25)15-5-7-22-8-6-15;1-2-14-6-9(12(16)17)11(15)8-4-3-7(13)5-10(8)14/h3-8,13-14H,2,9-12H2,1H3,(H,27,28);3-6H,2H2,1H3,(H,16,17). The number of anilines is 2. The van der Waals surface area contributed by atoms with Crippen molar-refractivity contribution in [3.05, 3.63) is 110 Å². The van der Waals surface area contributed by atoms with Gasteiger partial charge < -0.3 is 29.1 Å². The van der Waals surface area contributed by atoms with Crippen LogP contribution in [-0.2, 0) is 13.1 Å². The molecule has 1 saturated heterocycles. The van der Waals surface area contributed by atoms with Crippen LogP contribution in [0, 0.1) is 0 Å². The Bertz CT molecular complexity index is 2020. The van der Waals surface area contributed by atoms with E-state index in [1.165, 1.54) is 18.1 Å². The summed E-state index contributed by atoms with van der Waals surface area (Å²) in [5.41, 5.74) is 2.33. The summed E-state index contributed by atoms with van der Waals surface area (Å²) in [6, 6.07) is 14.5. The van der Waals surface area contributed by atoms with Gasteiger partial charge in [-0.05, 0) is 62.4 Å². The Kier molecular flexibility index (Phi) is 9.19. The molecule has 6 rings (SSSR count). The first kappa shape index (κ1) is 31.3. The van der Waals surface area contributed by atoms with Crippen LogP contribution in [0.1, 0.15) is 34.6 Å². The Hall–Kier alpha value is -5.16. The lowest BCUT2D eigenvalue weighted by Gasteiger charge is -2.37. The number of pyridine rings is 3. The summed E-state index contributed by atoms with van der Waals surface area (Å²) in [6.07, 6.45) is 6.41. The van der Waals surface area contributed by atoms with Gasteiger partial charge in [0.2, 0.25) is 10.9 Å². The van der Waals surface area contributed by atoms with Gasteiger partial charge in [-0.1, -0.05) is 11.6 Å². The van der Waals surface area contributed by atoms with Crippen molar-refractivity contribution >= 4 is 56.7 Å². The van der Waals surface area contributed by atoms with Crippen molar-refractivity contribution in [2.75, 3.05) is 36.0 Å². The van der Waals surface area contributed by atoms with E-state index in [0.29, 0.717) is 34.4 Å². The number of aromatic nitrogens is 3. The lowest BCUT2D eigenvalue weighted by Crippen LogP contribution is -2.46. The molecule has 1 fully saturated rings. The summed E-state index contributed by atoms with van der Waals surface area (Å²) < 4.78 is 3.53. The molecular weight excluding hydrogens is 598 g/mol. The second-order valence-corrected chi connectivity index (χ2v) is 10.9. The predicted octanol–water partition coefficient (Wildman–Crippen LogP) is 4.81. The maximum Gasteiger partial charge on any atom is 0.341 e. The van der Waals surface area contributed by atoms with E-state index < -0.39 is 22.8 Å². The van der Waals surface area contributed by atoms with E-state index >= 15 is 0 Å². The zero-order valence-corrected chi connectivity index (χ0v) is 25.6. The van der Waals surface area contributed by atoms with Gasteiger partial charge in [0.05, 0.1) is 11.0 Å². The summed E-state index contributed by atoms with van der Waals surface area (Å²) in [6.45, 7) is 8.52. The zero-order chi connectivity index (χ0) is 32.2. The first-order valence-corrected chi connectivity index (χ1v) is 14.9. The highest BCUT2D eigenvalue weighted by molar-refractivity contribution is 6.31. The summed E-state index contributed by atoms with van der Waals surface area (Å²) >= 11 is 5.87. The van der Waals surface area contributed by atoms with Crippen molar-refractivity contribution in [2.45, 2.75) is 26.9 Å². The maximum absolute atomic E-state index is 12.5. The largest absolute Gasteiger partial charge is 0.477 e. The van der Waals surface area contributed by atoms with E-state index in [1.807, 2.05) is 42.7 Å². The number of halogens is 1. The van der Waals surface area contributed by atoms with E-state index in [-0.39, 0.29) is 11.1 Å². The van der Waals surface area contributed by atoms with E-state index in [9.17, 15) is 24.3 Å². The van der Waals surface area contributed by atoms with Gasteiger partial charge in [-0.15, -0.1) is 0 Å². The number of hydrogen-bond donors (Lipinski definition) is 2. The molecule has 0 bridgehead atoms. The molecule has 1 aliphatic rings. The highest BCUT2D eigenvalue weighted by atomic mass is 35.5. The number of benzene rings is 2. The van der Waals surface area contributed by atoms with E-state index in [1.54, 1.807) is 41.2 Å². The zero-order valence-electron chi connectivity index (χ0n) is 24.8. The van der Waals surface area contributed by atoms with Gasteiger partial charge in [0.1, 0.15) is 11.1 Å². The van der Waals surface area contributed by atoms with E-state index in [2.05, 4.69) is 14.8 Å². The molecule has 0 saturated carbocycles. The summed E-state index contributed by atoms with van der Waals surface area (Å²) in [4.78, 5) is 55.4. The molecule has 0 unspecified atom stereocenters. The van der Waals surface area contributed by atoms with Gasteiger partial charge in [-0.2, -0.15) is 0 Å². The molecule has 0 atom stereocenters. The number of piperazine rings is 1. The number of hydrogen-bond acceptors (Lipinski definition) is 7.